The average molecular weight is 627 g/mol. The van der Waals surface area contributed by atoms with Crippen LogP contribution in [0, 0.1) is 0 Å². The fraction of sp³-hybridized carbons (Fsp3) is 0.0638. The molecule has 2 nitrogen and oxygen atoms in total. The summed E-state index contributed by atoms with van der Waals surface area (Å²) < 4.78 is 2.40. The molecule has 49 heavy (non-hydrogen) atoms. The van der Waals surface area contributed by atoms with Crippen molar-refractivity contribution < 1.29 is 0 Å². The largest absolute Gasteiger partial charge is 0.310 e. The molecule has 0 unspecified atom stereocenters. The SMILES string of the molecule is CC(C)c1cccc(N(c2ccccc2)c2ccc3cc4c(cc3c2)-c2cc3cc(-n5c6ccccc6c6ccccc65)ccc3cc2-4)c1. The van der Waals surface area contributed by atoms with E-state index in [0.29, 0.717) is 5.92 Å². The number of hydrogen-bond donors (Lipinski definition) is 0. The number of aromatic nitrogens is 1. The van der Waals surface area contributed by atoms with E-state index in [1.54, 1.807) is 0 Å². The van der Waals surface area contributed by atoms with Gasteiger partial charge in [0.15, 0.2) is 0 Å². The molecule has 0 aliphatic heterocycles. The molecule has 1 aromatic heterocycles. The summed E-state index contributed by atoms with van der Waals surface area (Å²) in [5, 5.41) is 7.62. The molecule has 0 saturated carbocycles. The van der Waals surface area contributed by atoms with Gasteiger partial charge >= 0.3 is 0 Å². The smallest absolute Gasteiger partial charge is 0.0541 e. The van der Waals surface area contributed by atoms with Crippen molar-refractivity contribution in [3.63, 3.8) is 0 Å². The molecule has 8 aromatic carbocycles. The van der Waals surface area contributed by atoms with Crippen LogP contribution in [0.25, 0.3) is 71.3 Å². The Labute approximate surface area is 286 Å². The summed E-state index contributed by atoms with van der Waals surface area (Å²) in [6.45, 7) is 4.51. The Morgan fingerprint density at radius 1 is 0.408 bits per heavy atom. The predicted molar refractivity (Wildman–Crippen MR) is 209 cm³/mol. The van der Waals surface area contributed by atoms with Crippen LogP contribution in [0.5, 0.6) is 0 Å². The molecule has 0 atom stereocenters. The molecule has 9 aromatic rings. The lowest BCUT2D eigenvalue weighted by atomic mass is 9.78. The fourth-order valence-corrected chi connectivity index (χ4v) is 7.93. The zero-order valence-corrected chi connectivity index (χ0v) is 27.6. The number of fused-ring (bicyclic) bond motifs is 9. The topological polar surface area (TPSA) is 8.17 Å². The third kappa shape index (κ3) is 4.34. The van der Waals surface area contributed by atoms with Gasteiger partial charge in [-0.15, -0.1) is 0 Å². The van der Waals surface area contributed by atoms with E-state index in [2.05, 4.69) is 187 Å². The molecule has 2 heteroatoms. The van der Waals surface area contributed by atoms with Crippen LogP contribution >= 0.6 is 0 Å². The first-order valence-electron chi connectivity index (χ1n) is 17.2. The van der Waals surface area contributed by atoms with E-state index in [4.69, 9.17) is 0 Å². The minimum atomic E-state index is 0.460. The minimum absolute atomic E-state index is 0.460. The van der Waals surface area contributed by atoms with Gasteiger partial charge in [0.25, 0.3) is 0 Å². The lowest BCUT2D eigenvalue weighted by Gasteiger charge is -2.28. The van der Waals surface area contributed by atoms with Crippen molar-refractivity contribution in [1.29, 1.82) is 0 Å². The van der Waals surface area contributed by atoms with Crippen molar-refractivity contribution in [2.24, 2.45) is 0 Å². The number of benzene rings is 8. The van der Waals surface area contributed by atoms with Gasteiger partial charge in [-0.3, -0.25) is 0 Å². The van der Waals surface area contributed by atoms with Gasteiger partial charge < -0.3 is 9.47 Å². The van der Waals surface area contributed by atoms with Crippen molar-refractivity contribution in [3.05, 3.63) is 169 Å². The molecule has 1 aliphatic rings. The molecule has 0 amide bonds. The average Bonchev–Trinajstić information content (AvgIpc) is 3.48. The molecule has 10 rings (SSSR count). The second-order valence-electron chi connectivity index (χ2n) is 13.6. The van der Waals surface area contributed by atoms with Gasteiger partial charge in [-0.25, -0.2) is 0 Å². The number of rotatable bonds is 5. The molecule has 0 spiro atoms. The van der Waals surface area contributed by atoms with Gasteiger partial charge in [-0.05, 0) is 140 Å². The highest BCUT2D eigenvalue weighted by Gasteiger charge is 2.24. The highest BCUT2D eigenvalue weighted by Crippen LogP contribution is 2.51. The monoisotopic (exact) mass is 626 g/mol. The molecule has 0 saturated heterocycles. The Morgan fingerprint density at radius 3 is 1.59 bits per heavy atom. The maximum Gasteiger partial charge on any atom is 0.0541 e. The van der Waals surface area contributed by atoms with Crippen molar-refractivity contribution in [1.82, 2.24) is 4.57 Å². The van der Waals surface area contributed by atoms with Crippen molar-refractivity contribution in [3.8, 4) is 27.9 Å². The van der Waals surface area contributed by atoms with Crippen LogP contribution in [0.1, 0.15) is 25.3 Å². The van der Waals surface area contributed by atoms with Crippen LogP contribution in [0.15, 0.2) is 164 Å². The Morgan fingerprint density at radius 2 is 0.939 bits per heavy atom. The van der Waals surface area contributed by atoms with E-state index in [1.165, 1.54) is 82.5 Å². The van der Waals surface area contributed by atoms with E-state index in [9.17, 15) is 0 Å². The second kappa shape index (κ2) is 10.7. The Balaban J connectivity index is 1.08. The minimum Gasteiger partial charge on any atom is -0.310 e. The first kappa shape index (κ1) is 27.9. The Kier molecular flexibility index (Phi) is 6.10. The van der Waals surface area contributed by atoms with Gasteiger partial charge in [0, 0.05) is 33.5 Å². The van der Waals surface area contributed by atoms with E-state index in [1.807, 2.05) is 0 Å². The van der Waals surface area contributed by atoms with E-state index >= 15 is 0 Å². The molecule has 1 heterocycles. The normalized spacial score (nSPS) is 12.1. The standard InChI is InChI=1S/C47H34N2/c1-30(2)31-11-10-14-37(23-31)48(36-12-4-3-5-13-36)38-21-19-32-26-42-43-27-33-20-22-39(25-35(33)29-45(43)44(42)28-34(32)24-38)49-46-17-8-6-15-40(46)41-16-7-9-18-47(41)49/h3-30H,1-2H3. The van der Waals surface area contributed by atoms with Crippen LogP contribution < -0.4 is 4.90 Å². The quantitative estimate of drug-likeness (QED) is 0.185. The molecule has 0 bridgehead atoms. The zero-order valence-electron chi connectivity index (χ0n) is 27.6. The van der Waals surface area contributed by atoms with Crippen LogP contribution in [0.2, 0.25) is 0 Å². The van der Waals surface area contributed by atoms with Crippen molar-refractivity contribution >= 4 is 60.4 Å². The number of hydrogen-bond acceptors (Lipinski definition) is 1. The number of nitrogens with zero attached hydrogens (tertiary/aromatic N) is 2. The van der Waals surface area contributed by atoms with Crippen LogP contribution in [-0.2, 0) is 0 Å². The van der Waals surface area contributed by atoms with E-state index in [0.717, 1.165) is 11.4 Å². The highest BCUT2D eigenvalue weighted by atomic mass is 15.1. The molecule has 1 aliphatic carbocycles. The fourth-order valence-electron chi connectivity index (χ4n) is 7.93. The number of para-hydroxylation sites is 3. The maximum absolute atomic E-state index is 2.40. The molecule has 0 radical (unpaired) electrons. The first-order chi connectivity index (χ1) is 24.1. The van der Waals surface area contributed by atoms with E-state index < -0.39 is 0 Å². The molecular weight excluding hydrogens is 593 g/mol. The third-order valence-corrected chi connectivity index (χ3v) is 10.4. The third-order valence-electron chi connectivity index (χ3n) is 10.4. The highest BCUT2D eigenvalue weighted by molar-refractivity contribution is 6.13. The number of anilines is 3. The Bertz CT molecular complexity index is 2700. The van der Waals surface area contributed by atoms with Crippen molar-refractivity contribution in [2.75, 3.05) is 4.90 Å². The summed E-state index contributed by atoms with van der Waals surface area (Å²) >= 11 is 0. The van der Waals surface area contributed by atoms with Gasteiger partial charge in [0.1, 0.15) is 0 Å². The second-order valence-corrected chi connectivity index (χ2v) is 13.6. The predicted octanol–water partition coefficient (Wildman–Crippen LogP) is 13.3. The van der Waals surface area contributed by atoms with Gasteiger partial charge in [-0.1, -0.05) is 92.7 Å². The molecular formula is C47H34N2. The lowest BCUT2D eigenvalue weighted by molar-refractivity contribution is 0.866. The molecule has 0 fully saturated rings. The summed E-state index contributed by atoms with van der Waals surface area (Å²) in [5.74, 6) is 0.460. The summed E-state index contributed by atoms with van der Waals surface area (Å²) in [6.07, 6.45) is 0. The van der Waals surface area contributed by atoms with Gasteiger partial charge in [-0.2, -0.15) is 0 Å². The summed E-state index contributed by atoms with van der Waals surface area (Å²) in [6, 6.07) is 60.5. The molecule has 232 valence electrons. The van der Waals surface area contributed by atoms with Gasteiger partial charge in [0.05, 0.1) is 11.0 Å². The van der Waals surface area contributed by atoms with Crippen LogP contribution in [-0.4, -0.2) is 4.57 Å². The van der Waals surface area contributed by atoms with Crippen molar-refractivity contribution in [2.45, 2.75) is 19.8 Å². The summed E-state index contributed by atoms with van der Waals surface area (Å²) in [4.78, 5) is 2.38. The maximum atomic E-state index is 2.40. The molecule has 0 N–H and O–H groups in total. The van der Waals surface area contributed by atoms with E-state index in [-0.39, 0.29) is 0 Å². The lowest BCUT2D eigenvalue weighted by Crippen LogP contribution is -2.10. The summed E-state index contributed by atoms with van der Waals surface area (Å²) in [5.41, 5.74) is 13.8. The van der Waals surface area contributed by atoms with Crippen LogP contribution in [0.3, 0.4) is 0 Å². The van der Waals surface area contributed by atoms with Gasteiger partial charge in [0.2, 0.25) is 0 Å². The van der Waals surface area contributed by atoms with Crippen LogP contribution in [0.4, 0.5) is 17.1 Å². The first-order valence-corrected chi connectivity index (χ1v) is 17.2. The Hall–Kier alpha value is -6.12. The summed E-state index contributed by atoms with van der Waals surface area (Å²) in [7, 11) is 0. The zero-order chi connectivity index (χ0) is 32.6.